The van der Waals surface area contributed by atoms with Gasteiger partial charge in [-0.1, -0.05) is 0 Å². The second-order valence-corrected chi connectivity index (χ2v) is 7.90. The predicted molar refractivity (Wildman–Crippen MR) is 93.4 cm³/mol. The fourth-order valence-electron chi connectivity index (χ4n) is 2.71. The number of rotatable bonds is 3. The zero-order valence-corrected chi connectivity index (χ0v) is 15.1. The SMILES string of the molecule is CCOC(=O)c1c(C)sc2c1OC(N)=C(C#N)C2c1ccc(C)s1. The summed E-state index contributed by atoms with van der Waals surface area (Å²) in [6, 6.07) is 6.16. The fourth-order valence-corrected chi connectivity index (χ4v) is 4.99. The molecule has 1 aliphatic heterocycles. The van der Waals surface area contributed by atoms with Crippen LogP contribution in [0.2, 0.25) is 0 Å². The monoisotopic (exact) mass is 360 g/mol. The Hall–Kier alpha value is -2.30. The molecule has 1 unspecified atom stereocenters. The number of ether oxygens (including phenoxy) is 2. The standard InChI is InChI=1S/C17H16N2O3S2/c1-4-21-17(20)12-9(3)24-15-13(11-6-5-8(2)23-11)10(7-18)16(19)22-14(12)15/h5-6,13H,4,19H2,1-3H3. The molecule has 0 amide bonds. The highest BCUT2D eigenvalue weighted by molar-refractivity contribution is 7.14. The molecule has 0 aliphatic carbocycles. The Morgan fingerprint density at radius 2 is 2.17 bits per heavy atom. The van der Waals surface area contributed by atoms with E-state index in [2.05, 4.69) is 6.07 Å². The van der Waals surface area contributed by atoms with Crippen LogP contribution in [0.1, 0.15) is 42.7 Å². The Balaban J connectivity index is 2.20. The molecule has 1 atom stereocenters. The topological polar surface area (TPSA) is 85.3 Å². The molecule has 2 N–H and O–H groups in total. The molecule has 0 bridgehead atoms. The van der Waals surface area contributed by atoms with E-state index in [0.29, 0.717) is 16.9 Å². The average Bonchev–Trinajstić information content (AvgIpc) is 3.09. The van der Waals surface area contributed by atoms with Crippen molar-refractivity contribution in [3.8, 4) is 11.8 Å². The molecular weight excluding hydrogens is 344 g/mol. The molecule has 0 aromatic carbocycles. The van der Waals surface area contributed by atoms with Crippen LogP contribution in [-0.2, 0) is 4.74 Å². The Kier molecular flexibility index (Phi) is 4.35. The number of carbonyl (C=O) groups excluding carboxylic acids is 1. The van der Waals surface area contributed by atoms with Gasteiger partial charge in [-0.05, 0) is 32.9 Å². The van der Waals surface area contributed by atoms with Gasteiger partial charge in [0.1, 0.15) is 17.2 Å². The van der Waals surface area contributed by atoms with Gasteiger partial charge in [0.25, 0.3) is 0 Å². The van der Waals surface area contributed by atoms with Crippen LogP contribution >= 0.6 is 22.7 Å². The normalized spacial score (nSPS) is 16.3. The Labute approximate surface area is 147 Å². The van der Waals surface area contributed by atoms with E-state index in [9.17, 15) is 10.1 Å². The van der Waals surface area contributed by atoms with Crippen molar-refractivity contribution in [2.75, 3.05) is 6.61 Å². The van der Waals surface area contributed by atoms with E-state index in [4.69, 9.17) is 15.2 Å². The molecule has 24 heavy (non-hydrogen) atoms. The van der Waals surface area contributed by atoms with Crippen molar-refractivity contribution < 1.29 is 14.3 Å². The van der Waals surface area contributed by atoms with Crippen molar-refractivity contribution in [2.24, 2.45) is 5.73 Å². The third kappa shape index (κ3) is 2.58. The van der Waals surface area contributed by atoms with Gasteiger partial charge in [-0.3, -0.25) is 0 Å². The summed E-state index contributed by atoms with van der Waals surface area (Å²) in [6.45, 7) is 5.90. The molecule has 0 radical (unpaired) electrons. The van der Waals surface area contributed by atoms with Gasteiger partial charge in [0, 0.05) is 14.6 Å². The van der Waals surface area contributed by atoms with Crippen LogP contribution in [0.5, 0.6) is 5.75 Å². The first-order valence-electron chi connectivity index (χ1n) is 7.42. The van der Waals surface area contributed by atoms with Crippen LogP contribution in [0.4, 0.5) is 0 Å². The maximum atomic E-state index is 12.3. The van der Waals surface area contributed by atoms with Crippen molar-refractivity contribution in [3.05, 3.63) is 48.7 Å². The summed E-state index contributed by atoms with van der Waals surface area (Å²) in [7, 11) is 0. The van der Waals surface area contributed by atoms with Crippen molar-refractivity contribution in [1.29, 1.82) is 5.26 Å². The summed E-state index contributed by atoms with van der Waals surface area (Å²) in [5.41, 5.74) is 6.76. The number of hydrogen-bond acceptors (Lipinski definition) is 7. The first-order chi connectivity index (χ1) is 11.5. The van der Waals surface area contributed by atoms with Gasteiger partial charge in [-0.25, -0.2) is 4.79 Å². The number of carbonyl (C=O) groups is 1. The Bertz CT molecular complexity index is 886. The number of nitrogens with two attached hydrogens (primary N) is 1. The first kappa shape index (κ1) is 16.6. The van der Waals surface area contributed by atoms with Crippen LogP contribution in [0.3, 0.4) is 0 Å². The third-order valence-corrected chi connectivity index (χ3v) is 5.96. The molecule has 1 aliphatic rings. The van der Waals surface area contributed by atoms with Crippen LogP contribution < -0.4 is 10.5 Å². The summed E-state index contributed by atoms with van der Waals surface area (Å²) in [4.78, 5) is 16.1. The van der Waals surface area contributed by atoms with Crippen LogP contribution in [0.25, 0.3) is 0 Å². The smallest absolute Gasteiger partial charge is 0.343 e. The van der Waals surface area contributed by atoms with E-state index in [1.807, 2.05) is 26.0 Å². The third-order valence-electron chi connectivity index (χ3n) is 3.74. The van der Waals surface area contributed by atoms with Gasteiger partial charge in [0.2, 0.25) is 5.88 Å². The summed E-state index contributed by atoms with van der Waals surface area (Å²) in [5, 5.41) is 9.54. The fraction of sp³-hybridized carbons (Fsp3) is 0.294. The molecule has 0 saturated carbocycles. The first-order valence-corrected chi connectivity index (χ1v) is 9.05. The lowest BCUT2D eigenvalue weighted by Gasteiger charge is -2.23. The van der Waals surface area contributed by atoms with Crippen molar-refractivity contribution >= 4 is 28.6 Å². The van der Waals surface area contributed by atoms with E-state index >= 15 is 0 Å². The summed E-state index contributed by atoms with van der Waals surface area (Å²) in [5.74, 6) is -0.265. The van der Waals surface area contributed by atoms with Gasteiger partial charge >= 0.3 is 5.97 Å². The van der Waals surface area contributed by atoms with Crippen molar-refractivity contribution in [2.45, 2.75) is 26.7 Å². The summed E-state index contributed by atoms with van der Waals surface area (Å²) >= 11 is 3.05. The molecule has 0 spiro atoms. The van der Waals surface area contributed by atoms with Gasteiger partial charge in [0.15, 0.2) is 5.75 Å². The number of hydrogen-bond donors (Lipinski definition) is 1. The Morgan fingerprint density at radius 1 is 1.42 bits per heavy atom. The lowest BCUT2D eigenvalue weighted by atomic mass is 9.93. The molecule has 5 nitrogen and oxygen atoms in total. The Morgan fingerprint density at radius 3 is 2.75 bits per heavy atom. The molecule has 124 valence electrons. The highest BCUT2D eigenvalue weighted by Crippen LogP contribution is 2.50. The minimum Gasteiger partial charge on any atom is -0.462 e. The van der Waals surface area contributed by atoms with E-state index in [1.54, 1.807) is 18.3 Å². The van der Waals surface area contributed by atoms with Crippen molar-refractivity contribution in [3.63, 3.8) is 0 Å². The second-order valence-electron chi connectivity index (χ2n) is 5.32. The number of allylic oxidation sites excluding steroid dienone is 1. The lowest BCUT2D eigenvalue weighted by Crippen LogP contribution is -2.20. The molecule has 0 fully saturated rings. The van der Waals surface area contributed by atoms with Gasteiger partial charge in [-0.2, -0.15) is 5.26 Å². The maximum absolute atomic E-state index is 12.3. The van der Waals surface area contributed by atoms with E-state index in [-0.39, 0.29) is 18.4 Å². The largest absolute Gasteiger partial charge is 0.462 e. The number of fused-ring (bicyclic) bond motifs is 1. The minimum atomic E-state index is -0.429. The quantitative estimate of drug-likeness (QED) is 0.841. The molecular formula is C17H16N2O3S2. The minimum absolute atomic E-state index is 0.0457. The van der Waals surface area contributed by atoms with E-state index < -0.39 is 5.97 Å². The van der Waals surface area contributed by atoms with Crippen molar-refractivity contribution in [1.82, 2.24) is 0 Å². The summed E-state index contributed by atoms with van der Waals surface area (Å²) < 4.78 is 10.8. The van der Waals surface area contributed by atoms with Crippen LogP contribution in [0.15, 0.2) is 23.6 Å². The molecule has 7 heteroatoms. The predicted octanol–water partition coefficient (Wildman–Crippen LogP) is 3.82. The zero-order chi connectivity index (χ0) is 17.4. The molecule has 2 aromatic heterocycles. The molecule has 3 heterocycles. The highest BCUT2D eigenvalue weighted by atomic mass is 32.1. The molecule has 3 rings (SSSR count). The average molecular weight is 360 g/mol. The van der Waals surface area contributed by atoms with Gasteiger partial charge in [-0.15, -0.1) is 22.7 Å². The van der Waals surface area contributed by atoms with Crippen LogP contribution in [0, 0.1) is 25.2 Å². The summed E-state index contributed by atoms with van der Waals surface area (Å²) in [6.07, 6.45) is 0. The highest BCUT2D eigenvalue weighted by Gasteiger charge is 2.37. The van der Waals surface area contributed by atoms with Gasteiger partial charge < -0.3 is 15.2 Å². The lowest BCUT2D eigenvalue weighted by molar-refractivity contribution is 0.0522. The van der Waals surface area contributed by atoms with Gasteiger partial charge in [0.05, 0.1) is 17.4 Å². The maximum Gasteiger partial charge on any atom is 0.343 e. The second kappa shape index (κ2) is 6.30. The number of esters is 1. The molecule has 0 saturated heterocycles. The number of thiophene rings is 2. The van der Waals surface area contributed by atoms with E-state index in [0.717, 1.165) is 19.5 Å². The van der Waals surface area contributed by atoms with Crippen LogP contribution in [-0.4, -0.2) is 12.6 Å². The number of nitriles is 1. The van der Waals surface area contributed by atoms with E-state index in [1.165, 1.54) is 11.3 Å². The molecule has 2 aromatic rings. The number of aryl methyl sites for hydroxylation is 2. The number of nitrogens with zero attached hydrogens (tertiary/aromatic N) is 1. The zero-order valence-electron chi connectivity index (χ0n) is 13.5.